The Morgan fingerprint density at radius 3 is 3.05 bits per heavy atom. The van der Waals surface area contributed by atoms with Crippen LogP contribution < -0.4 is 0 Å². The van der Waals surface area contributed by atoms with E-state index in [1.54, 1.807) is 13.1 Å². The highest BCUT2D eigenvalue weighted by atomic mass is 16.2. The van der Waals surface area contributed by atoms with Crippen LogP contribution in [-0.4, -0.2) is 33.9 Å². The summed E-state index contributed by atoms with van der Waals surface area (Å²) in [6, 6.07) is 4.07. The highest BCUT2D eigenvalue weighted by molar-refractivity contribution is 5.80. The number of fused-ring (bicyclic) bond motifs is 1. The van der Waals surface area contributed by atoms with Crippen LogP contribution in [0.1, 0.15) is 31.7 Å². The minimum absolute atomic E-state index is 0.203. The topological polar surface area (TPSA) is 46.1 Å². The Labute approximate surface area is 125 Å². The Balaban J connectivity index is 1.75. The number of hydrogen-bond donors (Lipinski definition) is 0. The van der Waals surface area contributed by atoms with Crippen molar-refractivity contribution in [3.63, 3.8) is 0 Å². The molecule has 1 saturated heterocycles. The quantitative estimate of drug-likeness (QED) is 0.851. The average Bonchev–Trinajstić information content (AvgIpc) is 2.73. The van der Waals surface area contributed by atoms with E-state index in [-0.39, 0.29) is 5.91 Å². The lowest BCUT2D eigenvalue weighted by atomic mass is 9.92. The fraction of sp³-hybridized carbons (Fsp3) is 0.471. The van der Waals surface area contributed by atoms with Crippen LogP contribution in [0.5, 0.6) is 0 Å². The summed E-state index contributed by atoms with van der Waals surface area (Å²) in [5.41, 5.74) is 2.34. The Morgan fingerprint density at radius 2 is 2.19 bits per heavy atom. The second-order valence-electron chi connectivity index (χ2n) is 5.87. The maximum absolute atomic E-state index is 11.5. The predicted octanol–water partition coefficient (Wildman–Crippen LogP) is 2.82. The van der Waals surface area contributed by atoms with Gasteiger partial charge in [0.1, 0.15) is 0 Å². The van der Waals surface area contributed by atoms with Gasteiger partial charge in [0.15, 0.2) is 0 Å². The van der Waals surface area contributed by atoms with Crippen molar-refractivity contribution in [2.75, 3.05) is 13.1 Å². The van der Waals surface area contributed by atoms with Crippen LogP contribution in [0.3, 0.4) is 0 Å². The largest absolute Gasteiger partial charge is 0.343 e. The minimum atomic E-state index is 0.203. The van der Waals surface area contributed by atoms with E-state index >= 15 is 0 Å². The zero-order chi connectivity index (χ0) is 14.7. The SMILES string of the molecule is CC(=O)N1CCC[C@@H](Cc2ccnc3ccncc23)CC1. The lowest BCUT2D eigenvalue weighted by molar-refractivity contribution is -0.128. The van der Waals surface area contributed by atoms with Gasteiger partial charge >= 0.3 is 0 Å². The number of amides is 1. The molecule has 0 aromatic carbocycles. The van der Waals surface area contributed by atoms with Crippen molar-refractivity contribution < 1.29 is 4.79 Å². The van der Waals surface area contributed by atoms with Gasteiger partial charge in [0, 0.05) is 44.0 Å². The number of likely N-dealkylation sites (tertiary alicyclic amines) is 1. The van der Waals surface area contributed by atoms with E-state index in [1.807, 2.05) is 23.4 Å². The third kappa shape index (κ3) is 3.20. The summed E-state index contributed by atoms with van der Waals surface area (Å²) in [5, 5.41) is 1.16. The van der Waals surface area contributed by atoms with Gasteiger partial charge < -0.3 is 4.90 Å². The number of pyridine rings is 2. The van der Waals surface area contributed by atoms with E-state index in [4.69, 9.17) is 0 Å². The molecule has 4 heteroatoms. The van der Waals surface area contributed by atoms with Gasteiger partial charge in [-0.25, -0.2) is 0 Å². The number of hydrogen-bond acceptors (Lipinski definition) is 3. The number of rotatable bonds is 2. The summed E-state index contributed by atoms with van der Waals surface area (Å²) >= 11 is 0. The maximum Gasteiger partial charge on any atom is 0.219 e. The molecule has 0 aliphatic carbocycles. The number of carbonyl (C=O) groups is 1. The van der Waals surface area contributed by atoms with Crippen molar-refractivity contribution in [3.8, 4) is 0 Å². The van der Waals surface area contributed by atoms with Crippen LogP contribution in [-0.2, 0) is 11.2 Å². The standard InChI is InChI=1S/C17H21N3O/c1-13(21)20-9-2-3-14(6-10-20)11-15-4-8-19-17-5-7-18-12-16(15)17/h4-5,7-8,12,14H,2-3,6,9-11H2,1H3/t14-/m1/s1. The van der Waals surface area contributed by atoms with Gasteiger partial charge in [-0.1, -0.05) is 0 Å². The molecule has 0 bridgehead atoms. The first-order valence-electron chi connectivity index (χ1n) is 7.67. The fourth-order valence-electron chi connectivity index (χ4n) is 3.22. The fourth-order valence-corrected chi connectivity index (χ4v) is 3.22. The van der Waals surface area contributed by atoms with Crippen LogP contribution in [0.25, 0.3) is 10.9 Å². The smallest absolute Gasteiger partial charge is 0.219 e. The molecule has 1 fully saturated rings. The highest BCUT2D eigenvalue weighted by Gasteiger charge is 2.19. The molecule has 4 nitrogen and oxygen atoms in total. The molecule has 0 N–H and O–H groups in total. The molecular weight excluding hydrogens is 262 g/mol. The Kier molecular flexibility index (Phi) is 4.13. The first-order valence-corrected chi connectivity index (χ1v) is 7.67. The van der Waals surface area contributed by atoms with E-state index in [9.17, 15) is 4.79 Å². The average molecular weight is 283 g/mol. The van der Waals surface area contributed by atoms with Crippen molar-refractivity contribution in [2.24, 2.45) is 5.92 Å². The second-order valence-corrected chi connectivity index (χ2v) is 5.87. The van der Waals surface area contributed by atoms with E-state index in [1.165, 1.54) is 12.0 Å². The molecule has 2 aromatic heterocycles. The van der Waals surface area contributed by atoms with E-state index in [2.05, 4.69) is 16.0 Å². The van der Waals surface area contributed by atoms with Crippen LogP contribution in [0.15, 0.2) is 30.7 Å². The predicted molar refractivity (Wildman–Crippen MR) is 82.8 cm³/mol. The molecule has 0 radical (unpaired) electrons. The molecule has 1 aliphatic rings. The first kappa shape index (κ1) is 14.0. The molecule has 2 aromatic rings. The van der Waals surface area contributed by atoms with Gasteiger partial charge in [-0.05, 0) is 49.3 Å². The summed E-state index contributed by atoms with van der Waals surface area (Å²) in [6.07, 6.45) is 10.0. The molecule has 3 rings (SSSR count). The normalized spacial score (nSPS) is 19.5. The lowest BCUT2D eigenvalue weighted by Crippen LogP contribution is -2.29. The van der Waals surface area contributed by atoms with Crippen LogP contribution in [0.4, 0.5) is 0 Å². The summed E-state index contributed by atoms with van der Waals surface area (Å²) in [7, 11) is 0. The Morgan fingerprint density at radius 1 is 1.29 bits per heavy atom. The van der Waals surface area contributed by atoms with E-state index in [0.29, 0.717) is 5.92 Å². The molecule has 110 valence electrons. The summed E-state index contributed by atoms with van der Waals surface area (Å²) in [4.78, 5) is 22.1. The van der Waals surface area contributed by atoms with Crippen molar-refractivity contribution in [1.29, 1.82) is 0 Å². The summed E-state index contributed by atoms with van der Waals surface area (Å²) in [6.45, 7) is 3.47. The van der Waals surface area contributed by atoms with Crippen molar-refractivity contribution in [3.05, 3.63) is 36.3 Å². The second kappa shape index (κ2) is 6.20. The molecule has 3 heterocycles. The van der Waals surface area contributed by atoms with Gasteiger partial charge in [-0.3, -0.25) is 14.8 Å². The van der Waals surface area contributed by atoms with Crippen LogP contribution >= 0.6 is 0 Å². The van der Waals surface area contributed by atoms with Gasteiger partial charge in [0.2, 0.25) is 5.91 Å². The molecule has 1 amide bonds. The summed E-state index contributed by atoms with van der Waals surface area (Å²) < 4.78 is 0. The highest BCUT2D eigenvalue weighted by Crippen LogP contribution is 2.25. The van der Waals surface area contributed by atoms with Crippen molar-refractivity contribution >= 4 is 16.8 Å². The third-order valence-electron chi connectivity index (χ3n) is 4.43. The Bertz CT molecular complexity index is 635. The molecule has 21 heavy (non-hydrogen) atoms. The first-order chi connectivity index (χ1) is 10.2. The molecule has 0 spiro atoms. The number of nitrogens with zero attached hydrogens (tertiary/aromatic N) is 3. The summed E-state index contributed by atoms with van der Waals surface area (Å²) in [5.74, 6) is 0.842. The van der Waals surface area contributed by atoms with Gasteiger partial charge in [-0.15, -0.1) is 0 Å². The molecule has 1 atom stereocenters. The third-order valence-corrected chi connectivity index (χ3v) is 4.43. The van der Waals surface area contributed by atoms with Crippen LogP contribution in [0, 0.1) is 5.92 Å². The Hall–Kier alpha value is -1.97. The minimum Gasteiger partial charge on any atom is -0.343 e. The zero-order valence-electron chi connectivity index (χ0n) is 12.5. The zero-order valence-corrected chi connectivity index (χ0v) is 12.5. The van der Waals surface area contributed by atoms with E-state index < -0.39 is 0 Å². The van der Waals surface area contributed by atoms with E-state index in [0.717, 1.165) is 43.3 Å². The van der Waals surface area contributed by atoms with Gasteiger partial charge in [0.25, 0.3) is 0 Å². The number of carbonyl (C=O) groups excluding carboxylic acids is 1. The maximum atomic E-state index is 11.5. The van der Waals surface area contributed by atoms with Crippen molar-refractivity contribution in [2.45, 2.75) is 32.6 Å². The van der Waals surface area contributed by atoms with Crippen LogP contribution in [0.2, 0.25) is 0 Å². The number of aromatic nitrogens is 2. The molecule has 0 unspecified atom stereocenters. The molecule has 0 saturated carbocycles. The molecular formula is C17H21N3O. The monoisotopic (exact) mass is 283 g/mol. The molecule has 1 aliphatic heterocycles. The van der Waals surface area contributed by atoms with Gasteiger partial charge in [-0.2, -0.15) is 0 Å². The van der Waals surface area contributed by atoms with Crippen molar-refractivity contribution in [1.82, 2.24) is 14.9 Å². The van der Waals surface area contributed by atoms with Gasteiger partial charge in [0.05, 0.1) is 5.52 Å². The lowest BCUT2D eigenvalue weighted by Gasteiger charge is -2.18.